The molecule has 4 aromatic rings. The molecule has 6 rings (SSSR count). The Bertz CT molecular complexity index is 1320. The molecule has 0 radical (unpaired) electrons. The summed E-state index contributed by atoms with van der Waals surface area (Å²) in [5.41, 5.74) is 7.13. The number of Topliss-reactive ketones (excluding diaryl/α,β-unsaturated/α-hetero) is 1. The van der Waals surface area contributed by atoms with Crippen LogP contribution in [0.25, 0.3) is 11.1 Å². The molecule has 0 fully saturated rings. The fourth-order valence-electron chi connectivity index (χ4n) is 4.53. The van der Waals surface area contributed by atoms with Gasteiger partial charge in [0, 0.05) is 16.0 Å². The second kappa shape index (κ2) is 7.36. The normalized spacial score (nSPS) is 19.1. The molecule has 2 atom stereocenters. The number of carbonyl (C=O) groups is 1. The van der Waals surface area contributed by atoms with Gasteiger partial charge in [0.25, 0.3) is 0 Å². The lowest BCUT2D eigenvalue weighted by atomic mass is 9.92. The van der Waals surface area contributed by atoms with E-state index in [1.54, 1.807) is 11.8 Å². The zero-order valence-electron chi connectivity index (χ0n) is 16.7. The molecule has 0 aromatic heterocycles. The standard InChI is InChI=1S/C28H19NOS/c30-27-22-11-5-4-10-21(22)26-25(27)28(31-24-13-7-6-12-23(24)29-26)20-16-14-19(15-17-20)18-8-2-1-3-9-18/h1-17,25,28H/t25-,28-/m0/s1. The molecule has 0 unspecified atom stereocenters. The molecule has 148 valence electrons. The molecule has 31 heavy (non-hydrogen) atoms. The predicted octanol–water partition coefficient (Wildman–Crippen LogP) is 7.13. The smallest absolute Gasteiger partial charge is 0.174 e. The third-order valence-electron chi connectivity index (χ3n) is 6.05. The molecule has 2 nitrogen and oxygen atoms in total. The van der Waals surface area contributed by atoms with E-state index in [1.807, 2.05) is 48.5 Å². The maximum atomic E-state index is 13.5. The van der Waals surface area contributed by atoms with E-state index < -0.39 is 0 Å². The lowest BCUT2D eigenvalue weighted by Crippen LogP contribution is -2.21. The topological polar surface area (TPSA) is 29.4 Å². The average molecular weight is 418 g/mol. The van der Waals surface area contributed by atoms with Gasteiger partial charge in [0.05, 0.1) is 22.6 Å². The van der Waals surface area contributed by atoms with Gasteiger partial charge in [0.2, 0.25) is 0 Å². The van der Waals surface area contributed by atoms with Crippen LogP contribution in [0.5, 0.6) is 0 Å². The quantitative estimate of drug-likeness (QED) is 0.347. The molecule has 0 amide bonds. The van der Waals surface area contributed by atoms with Gasteiger partial charge in [-0.3, -0.25) is 9.79 Å². The third-order valence-corrected chi connectivity index (χ3v) is 7.45. The van der Waals surface area contributed by atoms with E-state index in [1.165, 1.54) is 11.1 Å². The Labute approximate surface area is 185 Å². The number of rotatable bonds is 2. The summed E-state index contributed by atoms with van der Waals surface area (Å²) in [6.07, 6.45) is 0. The largest absolute Gasteiger partial charge is 0.293 e. The first-order valence-electron chi connectivity index (χ1n) is 10.4. The van der Waals surface area contributed by atoms with Crippen molar-refractivity contribution in [1.29, 1.82) is 0 Å². The molecule has 1 aliphatic heterocycles. The molecular formula is C28H19NOS. The highest BCUT2D eigenvalue weighted by Gasteiger charge is 2.44. The van der Waals surface area contributed by atoms with Crippen LogP contribution in [0, 0.1) is 5.92 Å². The zero-order chi connectivity index (χ0) is 20.8. The number of benzene rings is 4. The molecule has 0 saturated heterocycles. The summed E-state index contributed by atoms with van der Waals surface area (Å²) in [5, 5.41) is -0.0212. The summed E-state index contributed by atoms with van der Waals surface area (Å²) < 4.78 is 0. The van der Waals surface area contributed by atoms with Crippen LogP contribution in [0.1, 0.15) is 26.7 Å². The highest BCUT2D eigenvalue weighted by atomic mass is 32.2. The first kappa shape index (κ1) is 18.3. The van der Waals surface area contributed by atoms with Crippen LogP contribution in [-0.4, -0.2) is 11.5 Å². The molecule has 2 aliphatic rings. The lowest BCUT2D eigenvalue weighted by molar-refractivity contribution is 0.0960. The van der Waals surface area contributed by atoms with Crippen LogP contribution in [0.3, 0.4) is 0 Å². The van der Waals surface area contributed by atoms with Gasteiger partial charge >= 0.3 is 0 Å². The molecule has 0 spiro atoms. The Morgan fingerprint density at radius 3 is 2.10 bits per heavy atom. The highest BCUT2D eigenvalue weighted by Crippen LogP contribution is 2.51. The first-order chi connectivity index (χ1) is 15.3. The summed E-state index contributed by atoms with van der Waals surface area (Å²) in [7, 11) is 0. The van der Waals surface area contributed by atoms with E-state index in [0.717, 1.165) is 33.0 Å². The summed E-state index contributed by atoms with van der Waals surface area (Å²) >= 11 is 1.75. The number of ketones is 1. The van der Waals surface area contributed by atoms with Crippen molar-refractivity contribution in [2.24, 2.45) is 10.9 Å². The predicted molar refractivity (Wildman–Crippen MR) is 127 cm³/mol. The van der Waals surface area contributed by atoms with Crippen LogP contribution in [0.4, 0.5) is 5.69 Å². The number of aliphatic imine (C=N–C) groups is 1. The van der Waals surface area contributed by atoms with Crippen molar-refractivity contribution in [2.75, 3.05) is 0 Å². The maximum absolute atomic E-state index is 13.5. The van der Waals surface area contributed by atoms with Crippen molar-refractivity contribution in [3.05, 3.63) is 120 Å². The van der Waals surface area contributed by atoms with Crippen LogP contribution < -0.4 is 0 Å². The Balaban J connectivity index is 1.48. The Kier molecular flexibility index (Phi) is 4.36. The average Bonchev–Trinajstić information content (AvgIpc) is 3.00. The highest BCUT2D eigenvalue weighted by molar-refractivity contribution is 7.99. The SMILES string of the molecule is O=C1c2ccccc2C2=Nc3ccccc3S[C@@H](c3ccc(-c4ccccc4)cc3)[C@H]12. The number of hydrogen-bond donors (Lipinski definition) is 0. The minimum Gasteiger partial charge on any atom is -0.293 e. The van der Waals surface area contributed by atoms with Gasteiger partial charge in [0.1, 0.15) is 0 Å². The van der Waals surface area contributed by atoms with Gasteiger partial charge in [-0.1, -0.05) is 91.0 Å². The van der Waals surface area contributed by atoms with Gasteiger partial charge in [-0.05, 0) is 28.8 Å². The molecule has 0 bridgehead atoms. The number of thioether (sulfide) groups is 1. The van der Waals surface area contributed by atoms with Gasteiger partial charge in [-0.2, -0.15) is 0 Å². The summed E-state index contributed by atoms with van der Waals surface area (Å²) in [6, 6.07) is 35.1. The number of carbonyl (C=O) groups excluding carboxylic acids is 1. The molecule has 1 aliphatic carbocycles. The van der Waals surface area contributed by atoms with Crippen molar-refractivity contribution in [2.45, 2.75) is 10.1 Å². The van der Waals surface area contributed by atoms with E-state index in [4.69, 9.17) is 4.99 Å². The monoisotopic (exact) mass is 417 g/mol. The summed E-state index contributed by atoms with van der Waals surface area (Å²) in [5.74, 6) is -0.107. The van der Waals surface area contributed by atoms with Gasteiger partial charge < -0.3 is 0 Å². The summed E-state index contributed by atoms with van der Waals surface area (Å²) in [6.45, 7) is 0. The molecule has 0 saturated carbocycles. The third kappa shape index (κ3) is 3.05. The molecule has 0 N–H and O–H groups in total. The molecule has 1 heterocycles. The second-order valence-electron chi connectivity index (χ2n) is 7.88. The van der Waals surface area contributed by atoms with Crippen molar-refractivity contribution in [3.8, 4) is 11.1 Å². The number of para-hydroxylation sites is 1. The molecule has 4 aromatic carbocycles. The van der Waals surface area contributed by atoms with Gasteiger partial charge in [-0.15, -0.1) is 11.8 Å². The van der Waals surface area contributed by atoms with Crippen molar-refractivity contribution >= 4 is 28.9 Å². The number of hydrogen-bond acceptors (Lipinski definition) is 3. The Hall–Kier alpha value is -3.43. The van der Waals surface area contributed by atoms with E-state index >= 15 is 0 Å². The van der Waals surface area contributed by atoms with Crippen LogP contribution in [0.2, 0.25) is 0 Å². The van der Waals surface area contributed by atoms with Crippen LogP contribution in [-0.2, 0) is 0 Å². The van der Waals surface area contributed by atoms with E-state index in [2.05, 4.69) is 54.6 Å². The van der Waals surface area contributed by atoms with E-state index in [0.29, 0.717) is 0 Å². The van der Waals surface area contributed by atoms with Crippen LogP contribution in [0.15, 0.2) is 113 Å². The molecular weight excluding hydrogens is 398 g/mol. The van der Waals surface area contributed by atoms with Crippen LogP contribution >= 0.6 is 11.8 Å². The summed E-state index contributed by atoms with van der Waals surface area (Å²) in [4.78, 5) is 19.6. The van der Waals surface area contributed by atoms with Crippen molar-refractivity contribution in [3.63, 3.8) is 0 Å². The minimum atomic E-state index is -0.280. The fourth-order valence-corrected chi connectivity index (χ4v) is 5.88. The minimum absolute atomic E-state index is 0.0212. The lowest BCUT2D eigenvalue weighted by Gasteiger charge is -2.22. The van der Waals surface area contributed by atoms with E-state index in [9.17, 15) is 4.79 Å². The second-order valence-corrected chi connectivity index (χ2v) is 9.06. The van der Waals surface area contributed by atoms with E-state index in [-0.39, 0.29) is 17.0 Å². The number of fused-ring (bicyclic) bond motifs is 4. The van der Waals surface area contributed by atoms with Gasteiger partial charge in [-0.25, -0.2) is 0 Å². The maximum Gasteiger partial charge on any atom is 0.174 e. The molecule has 3 heteroatoms. The van der Waals surface area contributed by atoms with Crippen molar-refractivity contribution < 1.29 is 4.79 Å². The Morgan fingerprint density at radius 1 is 0.645 bits per heavy atom. The number of nitrogens with zero attached hydrogens (tertiary/aromatic N) is 1. The first-order valence-corrected chi connectivity index (χ1v) is 11.3. The zero-order valence-corrected chi connectivity index (χ0v) is 17.5. The van der Waals surface area contributed by atoms with Crippen molar-refractivity contribution in [1.82, 2.24) is 0 Å². The Morgan fingerprint density at radius 2 is 1.29 bits per heavy atom. The fraction of sp³-hybridized carbons (Fsp3) is 0.0714. The van der Waals surface area contributed by atoms with Gasteiger partial charge in [0.15, 0.2) is 5.78 Å².